The van der Waals surface area contributed by atoms with Gasteiger partial charge in [0.1, 0.15) is 0 Å². The quantitative estimate of drug-likeness (QED) is 0.812. The average molecular weight is 253 g/mol. The number of carbonyl (C=O) groups is 1. The summed E-state index contributed by atoms with van der Waals surface area (Å²) in [5.41, 5.74) is 0. The number of likely N-dealkylation sites (tertiary alicyclic amines) is 1. The highest BCUT2D eigenvalue weighted by molar-refractivity contribution is 5.79. The van der Waals surface area contributed by atoms with E-state index in [-0.39, 0.29) is 5.92 Å². The molecule has 18 heavy (non-hydrogen) atoms. The highest BCUT2D eigenvalue weighted by Gasteiger charge is 2.29. The zero-order valence-electron chi connectivity index (χ0n) is 12.0. The third-order valence-corrected chi connectivity index (χ3v) is 4.54. The fraction of sp³-hybridized carbons (Fsp3) is 0.929. The van der Waals surface area contributed by atoms with Crippen LogP contribution in [0.2, 0.25) is 0 Å². The number of rotatable bonds is 3. The van der Waals surface area contributed by atoms with Crippen LogP contribution in [0.25, 0.3) is 0 Å². The number of piperidine rings is 1. The van der Waals surface area contributed by atoms with Gasteiger partial charge in [-0.1, -0.05) is 0 Å². The van der Waals surface area contributed by atoms with Gasteiger partial charge >= 0.3 is 0 Å². The fourth-order valence-electron chi connectivity index (χ4n) is 3.14. The van der Waals surface area contributed by atoms with E-state index in [1.54, 1.807) is 0 Å². The van der Waals surface area contributed by atoms with Crippen molar-refractivity contribution in [2.75, 3.05) is 33.7 Å². The third-order valence-electron chi connectivity index (χ3n) is 4.54. The van der Waals surface area contributed by atoms with Gasteiger partial charge in [-0.25, -0.2) is 0 Å². The summed E-state index contributed by atoms with van der Waals surface area (Å²) in [5, 5.41) is 3.41. The summed E-state index contributed by atoms with van der Waals surface area (Å²) in [6.45, 7) is 5.11. The van der Waals surface area contributed by atoms with Gasteiger partial charge in [-0.05, 0) is 46.2 Å². The van der Waals surface area contributed by atoms with E-state index in [0.29, 0.717) is 18.0 Å². The van der Waals surface area contributed by atoms with Crippen LogP contribution in [-0.4, -0.2) is 61.5 Å². The van der Waals surface area contributed by atoms with E-state index >= 15 is 0 Å². The molecular weight excluding hydrogens is 226 g/mol. The van der Waals surface area contributed by atoms with E-state index in [1.165, 1.54) is 19.4 Å². The third kappa shape index (κ3) is 3.23. The van der Waals surface area contributed by atoms with Crippen LogP contribution in [0.3, 0.4) is 0 Å². The van der Waals surface area contributed by atoms with Crippen LogP contribution in [0.15, 0.2) is 0 Å². The van der Waals surface area contributed by atoms with Crippen molar-refractivity contribution in [1.82, 2.24) is 15.1 Å². The van der Waals surface area contributed by atoms with Crippen LogP contribution in [0.5, 0.6) is 0 Å². The summed E-state index contributed by atoms with van der Waals surface area (Å²) >= 11 is 0. The fourth-order valence-corrected chi connectivity index (χ4v) is 3.14. The summed E-state index contributed by atoms with van der Waals surface area (Å²) < 4.78 is 0. The molecule has 0 bridgehead atoms. The Bertz CT molecular complexity index is 287. The van der Waals surface area contributed by atoms with Gasteiger partial charge in [0, 0.05) is 32.2 Å². The van der Waals surface area contributed by atoms with E-state index in [9.17, 15) is 4.79 Å². The minimum Gasteiger partial charge on any atom is -0.344 e. The first kappa shape index (κ1) is 13.8. The second kappa shape index (κ2) is 6.02. The molecule has 2 fully saturated rings. The van der Waals surface area contributed by atoms with Gasteiger partial charge in [-0.15, -0.1) is 0 Å². The summed E-state index contributed by atoms with van der Waals surface area (Å²) in [7, 11) is 4.13. The standard InChI is InChI=1S/C14H27N3O/c1-11-6-7-12(9-15-11)14(18)17(3)10-13-5-4-8-16(13)2/h11-13,15H,4-10H2,1-3H3. The molecule has 0 radical (unpaired) electrons. The molecule has 0 saturated carbocycles. The molecule has 2 rings (SSSR count). The van der Waals surface area contributed by atoms with Crippen molar-refractivity contribution in [3.05, 3.63) is 0 Å². The summed E-state index contributed by atoms with van der Waals surface area (Å²) in [6.07, 6.45) is 4.66. The summed E-state index contributed by atoms with van der Waals surface area (Å²) in [4.78, 5) is 16.7. The van der Waals surface area contributed by atoms with Gasteiger partial charge < -0.3 is 15.1 Å². The lowest BCUT2D eigenvalue weighted by atomic mass is 9.94. The maximum absolute atomic E-state index is 12.4. The van der Waals surface area contributed by atoms with Crippen molar-refractivity contribution in [2.45, 2.75) is 44.7 Å². The van der Waals surface area contributed by atoms with Crippen LogP contribution < -0.4 is 5.32 Å². The maximum Gasteiger partial charge on any atom is 0.226 e. The van der Waals surface area contributed by atoms with E-state index in [4.69, 9.17) is 0 Å². The molecule has 0 aromatic heterocycles. The maximum atomic E-state index is 12.4. The Balaban J connectivity index is 1.81. The van der Waals surface area contributed by atoms with Crippen molar-refractivity contribution < 1.29 is 4.79 Å². The molecule has 0 spiro atoms. The Hall–Kier alpha value is -0.610. The minimum absolute atomic E-state index is 0.193. The van der Waals surface area contributed by atoms with Gasteiger partial charge in [-0.3, -0.25) is 4.79 Å². The minimum atomic E-state index is 0.193. The van der Waals surface area contributed by atoms with Gasteiger partial charge in [0.2, 0.25) is 5.91 Å². The van der Waals surface area contributed by atoms with Crippen LogP contribution in [0.4, 0.5) is 0 Å². The molecule has 0 aromatic carbocycles. The molecule has 4 heteroatoms. The van der Waals surface area contributed by atoms with Gasteiger partial charge in [0.05, 0.1) is 5.92 Å². The molecule has 0 aromatic rings. The van der Waals surface area contributed by atoms with E-state index in [0.717, 1.165) is 25.9 Å². The molecule has 1 N–H and O–H groups in total. The lowest BCUT2D eigenvalue weighted by Crippen LogP contribution is -2.47. The first-order valence-electron chi connectivity index (χ1n) is 7.26. The zero-order chi connectivity index (χ0) is 13.1. The molecule has 2 saturated heterocycles. The molecule has 3 unspecified atom stereocenters. The molecule has 104 valence electrons. The number of carbonyl (C=O) groups excluding carboxylic acids is 1. The predicted molar refractivity (Wildman–Crippen MR) is 73.5 cm³/mol. The van der Waals surface area contributed by atoms with Crippen LogP contribution in [-0.2, 0) is 4.79 Å². The smallest absolute Gasteiger partial charge is 0.226 e. The lowest BCUT2D eigenvalue weighted by molar-refractivity contribution is -0.135. The zero-order valence-corrected chi connectivity index (χ0v) is 12.0. The SMILES string of the molecule is CC1CCC(C(=O)N(C)CC2CCCN2C)CN1. The van der Waals surface area contributed by atoms with Crippen LogP contribution >= 0.6 is 0 Å². The molecule has 2 heterocycles. The normalized spacial score (nSPS) is 33.6. The highest BCUT2D eigenvalue weighted by atomic mass is 16.2. The number of nitrogens with zero attached hydrogens (tertiary/aromatic N) is 2. The number of nitrogens with one attached hydrogen (secondary N) is 1. The largest absolute Gasteiger partial charge is 0.344 e. The average Bonchev–Trinajstić information content (AvgIpc) is 2.75. The first-order valence-corrected chi connectivity index (χ1v) is 7.26. The Morgan fingerprint density at radius 3 is 2.72 bits per heavy atom. The monoisotopic (exact) mass is 253 g/mol. The van der Waals surface area contributed by atoms with Crippen molar-refractivity contribution in [3.63, 3.8) is 0 Å². The summed E-state index contributed by atoms with van der Waals surface area (Å²) in [6, 6.07) is 1.13. The van der Waals surface area contributed by atoms with Crippen LogP contribution in [0, 0.1) is 5.92 Å². The number of hydrogen-bond acceptors (Lipinski definition) is 3. The van der Waals surface area contributed by atoms with Crippen LogP contribution in [0.1, 0.15) is 32.6 Å². The predicted octanol–water partition coefficient (Wildman–Crippen LogP) is 0.927. The lowest BCUT2D eigenvalue weighted by Gasteiger charge is -2.32. The van der Waals surface area contributed by atoms with Crippen molar-refractivity contribution in [2.24, 2.45) is 5.92 Å². The second-order valence-corrected chi connectivity index (χ2v) is 6.08. The van der Waals surface area contributed by atoms with Gasteiger partial charge in [-0.2, -0.15) is 0 Å². The molecule has 2 aliphatic heterocycles. The molecule has 4 nitrogen and oxygen atoms in total. The Morgan fingerprint density at radius 1 is 1.39 bits per heavy atom. The molecule has 2 aliphatic rings. The van der Waals surface area contributed by atoms with Crippen molar-refractivity contribution in [1.29, 1.82) is 0 Å². The Kier molecular flexibility index (Phi) is 4.62. The Labute approximate surface area is 111 Å². The van der Waals surface area contributed by atoms with E-state index in [2.05, 4.69) is 24.2 Å². The molecular formula is C14H27N3O. The topological polar surface area (TPSA) is 35.6 Å². The van der Waals surface area contributed by atoms with Crippen molar-refractivity contribution in [3.8, 4) is 0 Å². The Morgan fingerprint density at radius 2 is 2.17 bits per heavy atom. The number of amides is 1. The number of likely N-dealkylation sites (N-methyl/N-ethyl adjacent to an activating group) is 2. The molecule has 1 amide bonds. The molecule has 3 atom stereocenters. The van der Waals surface area contributed by atoms with Gasteiger partial charge in [0.15, 0.2) is 0 Å². The van der Waals surface area contributed by atoms with E-state index in [1.807, 2.05) is 11.9 Å². The van der Waals surface area contributed by atoms with Gasteiger partial charge in [0.25, 0.3) is 0 Å². The van der Waals surface area contributed by atoms with Crippen molar-refractivity contribution >= 4 is 5.91 Å². The van der Waals surface area contributed by atoms with E-state index < -0.39 is 0 Å². The summed E-state index contributed by atoms with van der Waals surface area (Å²) in [5.74, 6) is 0.521. The highest BCUT2D eigenvalue weighted by Crippen LogP contribution is 2.19. The number of hydrogen-bond donors (Lipinski definition) is 1. The first-order chi connectivity index (χ1) is 8.58. The molecule has 0 aliphatic carbocycles. The second-order valence-electron chi connectivity index (χ2n) is 6.08.